The lowest BCUT2D eigenvalue weighted by Crippen LogP contribution is -2.63. The van der Waals surface area contributed by atoms with Crippen LogP contribution in [0, 0.1) is 0 Å². The van der Waals surface area contributed by atoms with Gasteiger partial charge in [0.2, 0.25) is 0 Å². The van der Waals surface area contributed by atoms with E-state index in [1.54, 1.807) is 6.92 Å². The maximum atomic E-state index is 12.9. The average Bonchev–Trinajstić information content (AvgIpc) is 2.76. The van der Waals surface area contributed by atoms with Crippen molar-refractivity contribution in [2.75, 3.05) is 0 Å². The van der Waals surface area contributed by atoms with E-state index in [4.69, 9.17) is 29.1 Å². The molecule has 0 aromatic carbocycles. The van der Waals surface area contributed by atoms with Crippen molar-refractivity contribution in [3.8, 4) is 0 Å². The van der Waals surface area contributed by atoms with E-state index in [9.17, 15) is 4.79 Å². The Labute approximate surface area is 273 Å². The smallest absolute Gasteiger partial charge is 0.398 e. The Balaban J connectivity index is 5.90. The van der Waals surface area contributed by atoms with Gasteiger partial charge in [0, 0.05) is 16.7 Å². The second-order valence-corrected chi connectivity index (χ2v) is 41.5. The van der Waals surface area contributed by atoms with Crippen molar-refractivity contribution >= 4 is 65.7 Å². The van der Waals surface area contributed by atoms with E-state index in [1.165, 1.54) is 12.8 Å². The first-order valence-electron chi connectivity index (χ1n) is 16.2. The molecule has 0 aromatic heterocycles. The quantitative estimate of drug-likeness (QED) is 0.0854. The molecule has 0 aromatic rings. The van der Waals surface area contributed by atoms with E-state index in [2.05, 4.69) is 107 Å². The number of unbranched alkanes of at least 4 members (excludes halogenated alkanes) is 1. The number of hydrogen-bond donors (Lipinski definition) is 0. The van der Waals surface area contributed by atoms with Crippen molar-refractivity contribution in [1.82, 2.24) is 0 Å². The zero-order valence-electron chi connectivity index (χ0n) is 31.2. The highest BCUT2D eigenvalue weighted by Crippen LogP contribution is 2.42. The van der Waals surface area contributed by atoms with Crippen LogP contribution in [0.5, 0.6) is 0 Å². The number of hydrogen-bond acceptors (Lipinski definition) is 8. The molecule has 0 saturated heterocycles. The summed E-state index contributed by atoms with van der Waals surface area (Å²) in [5.74, 6) is -0.383. The van der Waals surface area contributed by atoms with Crippen LogP contribution in [-0.2, 0) is 33.9 Å². The van der Waals surface area contributed by atoms with Crippen molar-refractivity contribution in [1.29, 1.82) is 0 Å². The minimum absolute atomic E-state index is 0.0923. The molecule has 2 atom stereocenters. The van der Waals surface area contributed by atoms with E-state index in [0.717, 1.165) is 18.9 Å². The first-order valence-corrected chi connectivity index (χ1v) is 35.4. The molecular weight excluding hydrogens is 661 g/mol. The molecule has 0 bridgehead atoms. The predicted octanol–water partition coefficient (Wildman–Crippen LogP) is 9.76. The standard InChI is InChI=1S/C28H68O8Si7/c1-20-23-24-37(8,9)31-38(10,11)32-39(12,13)33-40(14,15)34-41(16,17)35-42(18,19)36-43(26(6)21-2,27(7)22-3)30-28(29)25(4)5/h26-27H,4,20-24H2,1-3,5-19H3. The van der Waals surface area contributed by atoms with Gasteiger partial charge in [-0.25, -0.2) is 4.79 Å². The third-order valence-corrected chi connectivity index (χ3v) is 36.0. The van der Waals surface area contributed by atoms with Crippen molar-refractivity contribution in [3.63, 3.8) is 0 Å². The van der Waals surface area contributed by atoms with Crippen molar-refractivity contribution in [3.05, 3.63) is 12.2 Å². The third-order valence-electron chi connectivity index (χ3n) is 7.23. The van der Waals surface area contributed by atoms with Crippen LogP contribution in [0.25, 0.3) is 0 Å². The molecule has 0 saturated carbocycles. The average molecular weight is 729 g/mol. The first-order chi connectivity index (χ1) is 19.1. The second-order valence-electron chi connectivity index (χ2n) is 15.0. The van der Waals surface area contributed by atoms with Crippen molar-refractivity contribution in [2.45, 2.75) is 163 Å². The molecule has 43 heavy (non-hydrogen) atoms. The van der Waals surface area contributed by atoms with Gasteiger partial charge in [-0.05, 0) is 91.5 Å². The topological polar surface area (TPSA) is 81.7 Å². The summed E-state index contributed by atoms with van der Waals surface area (Å²) in [6.45, 7) is 41.6. The largest absolute Gasteiger partial charge is 0.491 e. The van der Waals surface area contributed by atoms with Gasteiger partial charge in [0.15, 0.2) is 8.32 Å². The summed E-state index contributed by atoms with van der Waals surface area (Å²) < 4.78 is 47.1. The number of carbonyl (C=O) groups excluding carboxylic acids is 1. The van der Waals surface area contributed by atoms with Gasteiger partial charge in [-0.15, -0.1) is 0 Å². The van der Waals surface area contributed by atoms with Gasteiger partial charge < -0.3 is 29.1 Å². The van der Waals surface area contributed by atoms with E-state index >= 15 is 0 Å². The monoisotopic (exact) mass is 728 g/mol. The number of carbonyl (C=O) groups is 1. The first kappa shape index (κ1) is 43.5. The lowest BCUT2D eigenvalue weighted by atomic mass is 10.3. The molecular formula is C28H68O8Si7. The fraction of sp³-hybridized carbons (Fsp3) is 0.893. The van der Waals surface area contributed by atoms with Gasteiger partial charge in [0.1, 0.15) is 0 Å². The van der Waals surface area contributed by atoms with Crippen LogP contribution in [-0.4, -0.2) is 65.7 Å². The fourth-order valence-electron chi connectivity index (χ4n) is 5.88. The zero-order chi connectivity index (χ0) is 34.3. The lowest BCUT2D eigenvalue weighted by molar-refractivity contribution is -0.132. The molecule has 0 heterocycles. The van der Waals surface area contributed by atoms with Crippen LogP contribution >= 0.6 is 0 Å². The van der Waals surface area contributed by atoms with Gasteiger partial charge in [-0.1, -0.05) is 66.9 Å². The Kier molecular flexibility index (Phi) is 16.7. The molecule has 0 aliphatic heterocycles. The maximum absolute atomic E-state index is 12.9. The molecule has 15 heteroatoms. The zero-order valence-corrected chi connectivity index (χ0v) is 38.2. The van der Waals surface area contributed by atoms with Crippen LogP contribution in [0.2, 0.25) is 95.7 Å². The maximum Gasteiger partial charge on any atom is 0.398 e. The van der Waals surface area contributed by atoms with E-state index in [1.807, 2.05) is 13.1 Å². The summed E-state index contributed by atoms with van der Waals surface area (Å²) >= 11 is 0. The van der Waals surface area contributed by atoms with Gasteiger partial charge in [0.05, 0.1) is 0 Å². The van der Waals surface area contributed by atoms with Crippen LogP contribution < -0.4 is 0 Å². The summed E-state index contributed by atoms with van der Waals surface area (Å²) in [4.78, 5) is 12.9. The summed E-state index contributed by atoms with van der Waals surface area (Å²) in [6, 6.07) is 1.14. The normalized spacial score (nSPS) is 16.9. The Bertz CT molecular complexity index is 900. The molecule has 0 amide bonds. The molecule has 256 valence electrons. The summed E-state index contributed by atoms with van der Waals surface area (Å²) in [6.07, 6.45) is 4.05. The third kappa shape index (κ3) is 15.8. The molecule has 0 rings (SSSR count). The fourth-order valence-corrected chi connectivity index (χ4v) is 42.3. The Morgan fingerprint density at radius 2 is 0.930 bits per heavy atom. The Morgan fingerprint density at radius 3 is 1.23 bits per heavy atom. The SMILES string of the molecule is C=C(C)C(=O)O[Si](O[Si](C)(C)O[Si](C)(C)O[Si](C)(C)O[Si](C)(C)O[Si](C)(C)O[Si](C)(C)CCCC)(C(C)CC)C(C)CC. The second kappa shape index (κ2) is 16.5. The van der Waals surface area contributed by atoms with Crippen molar-refractivity contribution in [2.24, 2.45) is 0 Å². The van der Waals surface area contributed by atoms with Crippen LogP contribution in [0.3, 0.4) is 0 Å². The van der Waals surface area contributed by atoms with Crippen LogP contribution in [0.1, 0.15) is 67.2 Å². The van der Waals surface area contributed by atoms with Crippen molar-refractivity contribution < 1.29 is 33.9 Å². The lowest BCUT2D eigenvalue weighted by Gasteiger charge is -2.46. The van der Waals surface area contributed by atoms with Gasteiger partial charge in [-0.3, -0.25) is 0 Å². The summed E-state index contributed by atoms with van der Waals surface area (Å²) in [5, 5.41) is 0. The van der Waals surface area contributed by atoms with E-state index in [0.29, 0.717) is 5.57 Å². The number of rotatable bonds is 21. The predicted molar refractivity (Wildman–Crippen MR) is 197 cm³/mol. The molecule has 0 spiro atoms. The molecule has 0 radical (unpaired) electrons. The minimum Gasteiger partial charge on any atom is -0.491 e. The van der Waals surface area contributed by atoms with E-state index < -0.39 is 59.7 Å². The summed E-state index contributed by atoms with van der Waals surface area (Å²) in [5.41, 5.74) is 0.567. The molecule has 0 aliphatic carbocycles. The molecule has 8 nitrogen and oxygen atoms in total. The van der Waals surface area contributed by atoms with Gasteiger partial charge in [-0.2, -0.15) is 0 Å². The highest BCUT2D eigenvalue weighted by atomic mass is 28.5. The molecule has 0 aliphatic rings. The summed E-state index contributed by atoms with van der Waals surface area (Å²) in [7, 11) is -18.1. The highest BCUT2D eigenvalue weighted by Gasteiger charge is 2.56. The Hall–Kier alpha value is 0.488. The van der Waals surface area contributed by atoms with Crippen LogP contribution in [0.4, 0.5) is 0 Å². The molecule has 0 N–H and O–H groups in total. The molecule has 2 unspecified atom stereocenters. The van der Waals surface area contributed by atoms with Gasteiger partial charge >= 0.3 is 57.3 Å². The Morgan fingerprint density at radius 1 is 0.605 bits per heavy atom. The molecule has 0 fully saturated rings. The minimum atomic E-state index is -3.06. The van der Waals surface area contributed by atoms with Crippen LogP contribution in [0.15, 0.2) is 12.2 Å². The highest BCUT2D eigenvalue weighted by molar-refractivity contribution is 6.92. The van der Waals surface area contributed by atoms with E-state index in [-0.39, 0.29) is 17.1 Å². The van der Waals surface area contributed by atoms with Gasteiger partial charge in [0.25, 0.3) is 0 Å².